The summed E-state index contributed by atoms with van der Waals surface area (Å²) in [5, 5.41) is 22.2. The van der Waals surface area contributed by atoms with Crippen LogP contribution in [-0.2, 0) is 4.79 Å². The molecule has 4 nitrogen and oxygen atoms in total. The predicted octanol–water partition coefficient (Wildman–Crippen LogP) is 7.43. The van der Waals surface area contributed by atoms with Gasteiger partial charge in [-0.05, 0) is 111 Å². The Morgan fingerprint density at radius 2 is 1.79 bits per heavy atom. The number of nitrogens with one attached hydrogen (secondary N) is 1. The third-order valence-electron chi connectivity index (χ3n) is 12.1. The number of fused-ring (bicyclic) bond motifs is 5. The Kier molecular flexibility index (Phi) is 10.5. The molecule has 0 aliphatic heterocycles. The summed E-state index contributed by atoms with van der Waals surface area (Å²) >= 11 is 0. The third-order valence-corrected chi connectivity index (χ3v) is 12.1. The average molecular weight is 530 g/mol. The zero-order valence-electron chi connectivity index (χ0n) is 25.1. The largest absolute Gasteiger partial charge is 0.396 e. The van der Waals surface area contributed by atoms with Crippen molar-refractivity contribution in [2.75, 3.05) is 13.2 Å². The lowest BCUT2D eigenvalue weighted by atomic mass is 9.47. The first kappa shape index (κ1) is 30.1. The van der Waals surface area contributed by atoms with Gasteiger partial charge in [0.1, 0.15) is 0 Å². The number of aliphatic hydroxyl groups is 2. The molecule has 0 heterocycles. The van der Waals surface area contributed by atoms with Gasteiger partial charge in [0.05, 0.1) is 6.10 Å². The molecule has 0 aromatic rings. The van der Waals surface area contributed by atoms with Crippen molar-refractivity contribution < 1.29 is 15.0 Å². The number of hydrogen-bond acceptors (Lipinski definition) is 3. The lowest BCUT2D eigenvalue weighted by Gasteiger charge is -2.58. The molecule has 0 saturated heterocycles. The molecule has 1 unspecified atom stereocenters. The van der Waals surface area contributed by atoms with Gasteiger partial charge in [0, 0.05) is 19.6 Å². The highest BCUT2D eigenvalue weighted by Gasteiger charge is 2.59. The quantitative estimate of drug-likeness (QED) is 0.172. The Morgan fingerprint density at radius 1 is 1.00 bits per heavy atom. The van der Waals surface area contributed by atoms with E-state index in [4.69, 9.17) is 5.11 Å². The second-order valence-electron chi connectivity index (χ2n) is 14.6. The summed E-state index contributed by atoms with van der Waals surface area (Å²) in [4.78, 5) is 12.3. The highest BCUT2D eigenvalue weighted by molar-refractivity contribution is 5.76. The van der Waals surface area contributed by atoms with E-state index >= 15 is 0 Å². The monoisotopic (exact) mass is 529 g/mol. The van der Waals surface area contributed by atoms with E-state index in [1.54, 1.807) is 5.57 Å². The number of carbonyl (C=O) groups is 1. The summed E-state index contributed by atoms with van der Waals surface area (Å²) in [6.45, 7) is 11.0. The van der Waals surface area contributed by atoms with E-state index in [0.29, 0.717) is 23.2 Å². The van der Waals surface area contributed by atoms with Gasteiger partial charge >= 0.3 is 0 Å². The fourth-order valence-corrected chi connectivity index (χ4v) is 9.92. The summed E-state index contributed by atoms with van der Waals surface area (Å²) in [5.41, 5.74) is 2.43. The van der Waals surface area contributed by atoms with E-state index in [2.05, 4.69) is 39.1 Å². The van der Waals surface area contributed by atoms with Crippen LogP contribution in [0.25, 0.3) is 0 Å². The van der Waals surface area contributed by atoms with Gasteiger partial charge in [0.2, 0.25) is 5.91 Å². The van der Waals surface area contributed by atoms with Crippen molar-refractivity contribution in [3.8, 4) is 0 Å². The molecule has 3 saturated carbocycles. The maximum absolute atomic E-state index is 12.3. The number of amides is 1. The van der Waals surface area contributed by atoms with Crippen LogP contribution in [0.2, 0.25) is 0 Å². The van der Waals surface area contributed by atoms with Crippen molar-refractivity contribution in [2.45, 2.75) is 137 Å². The van der Waals surface area contributed by atoms with Gasteiger partial charge in [-0.2, -0.15) is 0 Å². The van der Waals surface area contributed by atoms with E-state index in [9.17, 15) is 9.90 Å². The normalized spacial score (nSPS) is 37.9. The highest BCUT2D eigenvalue weighted by Crippen LogP contribution is 2.67. The predicted molar refractivity (Wildman–Crippen MR) is 157 cm³/mol. The molecule has 0 radical (unpaired) electrons. The third kappa shape index (κ3) is 6.54. The van der Waals surface area contributed by atoms with Crippen LogP contribution in [0.15, 0.2) is 11.6 Å². The number of aliphatic hydroxyl groups excluding tert-OH is 2. The van der Waals surface area contributed by atoms with Crippen molar-refractivity contribution in [1.82, 2.24) is 5.32 Å². The molecule has 0 bridgehead atoms. The summed E-state index contributed by atoms with van der Waals surface area (Å²) in [5.74, 6) is 4.85. The van der Waals surface area contributed by atoms with Crippen molar-refractivity contribution in [3.63, 3.8) is 0 Å². The van der Waals surface area contributed by atoms with Crippen LogP contribution in [0.3, 0.4) is 0 Å². The van der Waals surface area contributed by atoms with E-state index in [0.717, 1.165) is 81.1 Å². The maximum Gasteiger partial charge on any atom is 0.220 e. The first-order chi connectivity index (χ1) is 18.2. The second kappa shape index (κ2) is 13.2. The fourth-order valence-electron chi connectivity index (χ4n) is 9.92. The summed E-state index contributed by atoms with van der Waals surface area (Å²) in [6.07, 6.45) is 20.8. The molecule has 9 atom stereocenters. The molecule has 0 aromatic carbocycles. The zero-order valence-corrected chi connectivity index (χ0v) is 25.1. The van der Waals surface area contributed by atoms with Gasteiger partial charge in [0.25, 0.3) is 0 Å². The minimum absolute atomic E-state index is 0.110. The van der Waals surface area contributed by atoms with Crippen molar-refractivity contribution >= 4 is 5.91 Å². The van der Waals surface area contributed by atoms with Crippen LogP contribution >= 0.6 is 0 Å². The lowest BCUT2D eigenvalue weighted by Crippen LogP contribution is -2.50. The average Bonchev–Trinajstić information content (AvgIpc) is 3.24. The van der Waals surface area contributed by atoms with Crippen LogP contribution in [-0.4, -0.2) is 35.4 Å². The molecule has 38 heavy (non-hydrogen) atoms. The Balaban J connectivity index is 1.22. The molecular formula is C34H59NO3. The SMILES string of the molecule is CC(CCC[C@@H](C)[C@H]1CC[C@H]2[C@@H]3CC=C4C[C@@H](O)CC[C@]4(C)[C@H]3CC[C@]12C)CC(=O)NCCCCCCO. The van der Waals surface area contributed by atoms with Gasteiger partial charge in [-0.1, -0.05) is 71.4 Å². The Bertz CT molecular complexity index is 810. The number of hydrogen-bond donors (Lipinski definition) is 3. The molecule has 4 aliphatic rings. The molecule has 3 N–H and O–H groups in total. The van der Waals surface area contributed by atoms with Gasteiger partial charge in [-0.3, -0.25) is 4.79 Å². The topological polar surface area (TPSA) is 69.6 Å². The first-order valence-electron chi connectivity index (χ1n) is 16.4. The molecule has 218 valence electrons. The van der Waals surface area contributed by atoms with Gasteiger partial charge < -0.3 is 15.5 Å². The van der Waals surface area contributed by atoms with E-state index in [1.165, 1.54) is 51.4 Å². The minimum atomic E-state index is -0.110. The number of rotatable bonds is 13. The van der Waals surface area contributed by atoms with Crippen molar-refractivity contribution in [2.24, 2.45) is 46.3 Å². The standard InChI is InChI=1S/C34H59NO3/c1-24(22-32(38)35-20-7-5-6-8-21-36)10-9-11-25(2)29-14-15-30-28-13-12-26-23-27(37)16-18-33(26,3)31(28)17-19-34(29,30)4/h12,24-25,27-31,36-37H,5-11,13-23H2,1-4H3,(H,35,38)/t24?,25-,27+,28+,29-,30+,31+,33+,34-/m1/s1. The van der Waals surface area contributed by atoms with Gasteiger partial charge in [-0.25, -0.2) is 0 Å². The second-order valence-corrected chi connectivity index (χ2v) is 14.6. The van der Waals surface area contributed by atoms with Crippen molar-refractivity contribution in [3.05, 3.63) is 11.6 Å². The zero-order chi connectivity index (χ0) is 27.3. The highest BCUT2D eigenvalue weighted by atomic mass is 16.3. The molecule has 1 amide bonds. The molecule has 0 spiro atoms. The summed E-state index contributed by atoms with van der Waals surface area (Å²) < 4.78 is 0. The van der Waals surface area contributed by atoms with Gasteiger partial charge in [0.15, 0.2) is 0 Å². The first-order valence-corrected chi connectivity index (χ1v) is 16.4. The molecule has 4 rings (SSSR count). The van der Waals surface area contributed by atoms with Crippen LogP contribution in [0.4, 0.5) is 0 Å². The molecule has 0 aromatic heterocycles. The van der Waals surface area contributed by atoms with E-state index in [-0.39, 0.29) is 18.6 Å². The number of unbranched alkanes of at least 4 members (excludes halogenated alkanes) is 3. The van der Waals surface area contributed by atoms with Crippen LogP contribution in [0.5, 0.6) is 0 Å². The molecule has 4 aliphatic carbocycles. The Labute approximate surface area is 233 Å². The van der Waals surface area contributed by atoms with Crippen molar-refractivity contribution in [1.29, 1.82) is 0 Å². The summed E-state index contributed by atoms with van der Waals surface area (Å²) in [7, 11) is 0. The van der Waals surface area contributed by atoms with E-state index < -0.39 is 0 Å². The van der Waals surface area contributed by atoms with Gasteiger partial charge in [-0.15, -0.1) is 0 Å². The van der Waals surface area contributed by atoms with Crippen LogP contribution in [0.1, 0.15) is 130 Å². The van der Waals surface area contributed by atoms with E-state index in [1.807, 2.05) is 0 Å². The smallest absolute Gasteiger partial charge is 0.220 e. The number of carbonyl (C=O) groups excluding carboxylic acids is 1. The van der Waals surface area contributed by atoms with Crippen LogP contribution < -0.4 is 5.32 Å². The minimum Gasteiger partial charge on any atom is -0.396 e. The Hall–Kier alpha value is -0.870. The lowest BCUT2D eigenvalue weighted by molar-refractivity contribution is -0.121. The van der Waals surface area contributed by atoms with Crippen LogP contribution in [0, 0.1) is 46.3 Å². The Morgan fingerprint density at radius 3 is 2.58 bits per heavy atom. The molecular weight excluding hydrogens is 470 g/mol. The summed E-state index contributed by atoms with van der Waals surface area (Å²) in [6, 6.07) is 0. The molecule has 3 fully saturated rings. The number of allylic oxidation sites excluding steroid dienone is 1. The maximum atomic E-state index is 12.3. The fraction of sp³-hybridized carbons (Fsp3) is 0.912. The molecule has 4 heteroatoms.